The van der Waals surface area contributed by atoms with Gasteiger partial charge in [-0.05, 0) is 37.0 Å². The van der Waals surface area contributed by atoms with Crippen LogP contribution in [0.5, 0.6) is 0 Å². The first-order valence-corrected chi connectivity index (χ1v) is 10.6. The summed E-state index contributed by atoms with van der Waals surface area (Å²) in [6.07, 6.45) is 2.52. The lowest BCUT2D eigenvalue weighted by Gasteiger charge is -2.23. The highest BCUT2D eigenvalue weighted by Gasteiger charge is 2.36. The Morgan fingerprint density at radius 3 is 2.72 bits per heavy atom. The average Bonchev–Trinajstić information content (AvgIpc) is 3.23. The lowest BCUT2D eigenvalue weighted by molar-refractivity contribution is -0.119. The molecule has 1 aliphatic rings. The topological polar surface area (TPSA) is 66.5 Å². The molecule has 3 rings (SSSR count). The Labute approximate surface area is 152 Å². The van der Waals surface area contributed by atoms with Gasteiger partial charge in [0.25, 0.3) is 10.0 Å². The average molecular weight is 379 g/mol. The van der Waals surface area contributed by atoms with E-state index in [1.54, 1.807) is 16.4 Å². The monoisotopic (exact) mass is 378 g/mol. The molecule has 0 aliphatic carbocycles. The molecule has 1 atom stereocenters. The van der Waals surface area contributed by atoms with Crippen LogP contribution in [-0.4, -0.2) is 31.2 Å². The molecule has 0 spiro atoms. The Hall–Kier alpha value is -1.70. The van der Waals surface area contributed by atoms with E-state index in [1.807, 2.05) is 30.3 Å². The van der Waals surface area contributed by atoms with Crippen molar-refractivity contribution in [3.63, 3.8) is 0 Å². The second-order valence-corrected chi connectivity index (χ2v) is 9.52. The van der Waals surface area contributed by atoms with Crippen LogP contribution in [0.2, 0.25) is 0 Å². The van der Waals surface area contributed by atoms with E-state index in [0.29, 0.717) is 17.3 Å². The highest BCUT2D eigenvalue weighted by molar-refractivity contribution is 7.91. The fraction of sp³-hybridized carbons (Fsp3) is 0.389. The number of carbonyl (C=O) groups excluding carboxylic acids is 1. The maximum Gasteiger partial charge on any atom is 0.252 e. The number of rotatable bonds is 6. The molecule has 1 aromatic carbocycles. The molecule has 25 heavy (non-hydrogen) atoms. The van der Waals surface area contributed by atoms with Gasteiger partial charge < -0.3 is 5.32 Å². The zero-order chi connectivity index (χ0) is 17.9. The summed E-state index contributed by atoms with van der Waals surface area (Å²) in [6.45, 7) is 2.38. The summed E-state index contributed by atoms with van der Waals surface area (Å²) in [4.78, 5) is 11.9. The molecule has 1 aliphatic heterocycles. The Balaban J connectivity index is 1.75. The van der Waals surface area contributed by atoms with Crippen molar-refractivity contribution >= 4 is 27.3 Å². The predicted octanol–water partition coefficient (Wildman–Crippen LogP) is 2.78. The largest absolute Gasteiger partial charge is 0.351 e. The first kappa shape index (κ1) is 18.1. The molecule has 5 nitrogen and oxygen atoms in total. The quantitative estimate of drug-likeness (QED) is 0.840. The zero-order valence-corrected chi connectivity index (χ0v) is 15.8. The Morgan fingerprint density at radius 1 is 1.24 bits per heavy atom. The molecule has 1 fully saturated rings. The summed E-state index contributed by atoms with van der Waals surface area (Å²) >= 11 is 1.23. The number of amides is 1. The summed E-state index contributed by atoms with van der Waals surface area (Å²) < 4.78 is 28.1. The number of carbonyl (C=O) groups is 1. The molecule has 2 heterocycles. The van der Waals surface area contributed by atoms with Crippen LogP contribution in [0.1, 0.15) is 30.2 Å². The fourth-order valence-electron chi connectivity index (χ4n) is 3.13. The number of benzene rings is 1. The van der Waals surface area contributed by atoms with E-state index in [-0.39, 0.29) is 11.9 Å². The standard InChI is InChI=1S/C18H22N2O3S2/c1-14(21)19-13-17-9-10-18(24-17)25(22,23)20-11-5-8-16(20)12-15-6-3-2-4-7-15/h2-4,6-7,9-10,16H,5,8,11-13H2,1H3,(H,19,21)/t16-/m0/s1. The van der Waals surface area contributed by atoms with E-state index in [2.05, 4.69) is 5.32 Å². The van der Waals surface area contributed by atoms with Crippen molar-refractivity contribution in [3.05, 3.63) is 52.9 Å². The molecule has 7 heteroatoms. The lowest BCUT2D eigenvalue weighted by atomic mass is 10.1. The molecule has 0 unspecified atom stereocenters. The van der Waals surface area contributed by atoms with Gasteiger partial charge in [0.2, 0.25) is 5.91 Å². The molecule has 1 aromatic heterocycles. The van der Waals surface area contributed by atoms with Crippen molar-refractivity contribution < 1.29 is 13.2 Å². The minimum absolute atomic E-state index is 0.00768. The van der Waals surface area contributed by atoms with E-state index in [1.165, 1.54) is 18.3 Å². The minimum Gasteiger partial charge on any atom is -0.351 e. The van der Waals surface area contributed by atoms with Gasteiger partial charge in [0, 0.05) is 24.4 Å². The maximum absolute atomic E-state index is 13.0. The molecule has 2 aromatic rings. The van der Waals surface area contributed by atoms with Gasteiger partial charge in [-0.3, -0.25) is 4.79 Å². The van der Waals surface area contributed by atoms with Crippen molar-refractivity contribution in [3.8, 4) is 0 Å². The van der Waals surface area contributed by atoms with Gasteiger partial charge in [0.05, 0.1) is 6.54 Å². The van der Waals surface area contributed by atoms with Crippen LogP contribution in [0.4, 0.5) is 0 Å². The van der Waals surface area contributed by atoms with Gasteiger partial charge in [-0.1, -0.05) is 30.3 Å². The molecular formula is C18H22N2O3S2. The molecule has 1 N–H and O–H groups in total. The van der Waals surface area contributed by atoms with Crippen LogP contribution in [0.25, 0.3) is 0 Å². The third-order valence-corrected chi connectivity index (χ3v) is 7.85. The first-order chi connectivity index (χ1) is 12.0. The third kappa shape index (κ3) is 4.29. The Kier molecular flexibility index (Phi) is 5.56. The summed E-state index contributed by atoms with van der Waals surface area (Å²) in [7, 11) is -3.49. The maximum atomic E-state index is 13.0. The third-order valence-electron chi connectivity index (χ3n) is 4.35. The summed E-state index contributed by atoms with van der Waals surface area (Å²) in [5.74, 6) is -0.125. The van der Waals surface area contributed by atoms with Crippen molar-refractivity contribution in [2.45, 2.75) is 43.0 Å². The van der Waals surface area contributed by atoms with Crippen LogP contribution in [0.3, 0.4) is 0 Å². The lowest BCUT2D eigenvalue weighted by Crippen LogP contribution is -2.36. The van der Waals surface area contributed by atoms with Crippen LogP contribution < -0.4 is 5.32 Å². The van der Waals surface area contributed by atoms with Crippen LogP contribution >= 0.6 is 11.3 Å². The second-order valence-electron chi connectivity index (χ2n) is 6.23. The van der Waals surface area contributed by atoms with E-state index < -0.39 is 10.0 Å². The highest BCUT2D eigenvalue weighted by atomic mass is 32.2. The summed E-state index contributed by atoms with van der Waals surface area (Å²) in [5.41, 5.74) is 1.16. The zero-order valence-electron chi connectivity index (χ0n) is 14.1. The normalized spacial score (nSPS) is 18.4. The smallest absolute Gasteiger partial charge is 0.252 e. The molecule has 1 saturated heterocycles. The SMILES string of the molecule is CC(=O)NCc1ccc(S(=O)(=O)N2CCC[C@H]2Cc2ccccc2)s1. The van der Waals surface area contributed by atoms with Gasteiger partial charge in [0.1, 0.15) is 4.21 Å². The van der Waals surface area contributed by atoms with Gasteiger partial charge in [-0.25, -0.2) is 8.42 Å². The molecule has 0 radical (unpaired) electrons. The fourth-order valence-corrected chi connectivity index (χ4v) is 6.25. The summed E-state index contributed by atoms with van der Waals surface area (Å²) in [6, 6.07) is 13.4. The van der Waals surface area contributed by atoms with Crippen LogP contribution in [0.15, 0.2) is 46.7 Å². The van der Waals surface area contributed by atoms with E-state index in [0.717, 1.165) is 29.7 Å². The van der Waals surface area contributed by atoms with E-state index in [9.17, 15) is 13.2 Å². The predicted molar refractivity (Wildman–Crippen MR) is 98.9 cm³/mol. The number of thiophene rings is 1. The van der Waals surface area contributed by atoms with Crippen molar-refractivity contribution in [2.24, 2.45) is 0 Å². The molecule has 0 saturated carbocycles. The van der Waals surface area contributed by atoms with Gasteiger partial charge in [-0.15, -0.1) is 11.3 Å². The number of hydrogen-bond acceptors (Lipinski definition) is 4. The molecule has 134 valence electrons. The van der Waals surface area contributed by atoms with E-state index >= 15 is 0 Å². The Bertz CT molecular complexity index is 831. The van der Waals surface area contributed by atoms with Crippen LogP contribution in [0, 0.1) is 0 Å². The van der Waals surface area contributed by atoms with Gasteiger partial charge in [-0.2, -0.15) is 4.31 Å². The van der Waals surface area contributed by atoms with Crippen molar-refractivity contribution in [2.75, 3.05) is 6.54 Å². The minimum atomic E-state index is -3.49. The number of nitrogens with one attached hydrogen (secondary N) is 1. The van der Waals surface area contributed by atoms with Crippen molar-refractivity contribution in [1.82, 2.24) is 9.62 Å². The first-order valence-electron chi connectivity index (χ1n) is 8.36. The Morgan fingerprint density at radius 2 is 2.00 bits per heavy atom. The van der Waals surface area contributed by atoms with Crippen molar-refractivity contribution in [1.29, 1.82) is 0 Å². The number of nitrogens with zero attached hydrogens (tertiary/aromatic N) is 1. The second kappa shape index (κ2) is 7.68. The van der Waals surface area contributed by atoms with Gasteiger partial charge in [0.15, 0.2) is 0 Å². The van der Waals surface area contributed by atoms with Crippen LogP contribution in [-0.2, 0) is 27.8 Å². The highest BCUT2D eigenvalue weighted by Crippen LogP contribution is 2.31. The molecule has 0 bridgehead atoms. The number of hydrogen-bond donors (Lipinski definition) is 1. The number of sulfonamides is 1. The molecule has 1 amide bonds. The van der Waals surface area contributed by atoms with E-state index in [4.69, 9.17) is 0 Å². The summed E-state index contributed by atoms with van der Waals surface area (Å²) in [5, 5.41) is 2.70. The molecular weight excluding hydrogens is 356 g/mol. The van der Waals surface area contributed by atoms with Gasteiger partial charge >= 0.3 is 0 Å².